The summed E-state index contributed by atoms with van der Waals surface area (Å²) in [5.74, 6) is 0.707. The third kappa shape index (κ3) is 4.23. The minimum Gasteiger partial charge on any atom is -0.342 e. The minimum absolute atomic E-state index is 0.0386. The van der Waals surface area contributed by atoms with Crippen LogP contribution in [0.25, 0.3) is 0 Å². The van der Waals surface area contributed by atoms with Crippen molar-refractivity contribution in [2.75, 3.05) is 6.54 Å². The Morgan fingerprint density at radius 2 is 2.21 bits per heavy atom. The van der Waals surface area contributed by atoms with Crippen molar-refractivity contribution in [3.05, 3.63) is 63.1 Å². The molecular formula is C21H26N6OS. The SMILES string of the molecule is CCc1ccc(CN2CCc3c(C(=O)N[C@H](C)c4ncnn4C)csc3C2)nc1. The van der Waals surface area contributed by atoms with Gasteiger partial charge < -0.3 is 5.32 Å². The molecule has 1 amide bonds. The molecule has 0 radical (unpaired) electrons. The number of nitrogens with zero attached hydrogens (tertiary/aromatic N) is 5. The lowest BCUT2D eigenvalue weighted by molar-refractivity contribution is 0.0936. The maximum absolute atomic E-state index is 12.8. The van der Waals surface area contributed by atoms with Crippen LogP contribution >= 0.6 is 11.3 Å². The molecule has 4 rings (SSSR count). The zero-order valence-electron chi connectivity index (χ0n) is 17.1. The average molecular weight is 411 g/mol. The summed E-state index contributed by atoms with van der Waals surface area (Å²) in [5.41, 5.74) is 4.34. The molecule has 3 aromatic rings. The van der Waals surface area contributed by atoms with E-state index in [1.54, 1.807) is 16.0 Å². The predicted octanol–water partition coefficient (Wildman–Crippen LogP) is 2.88. The zero-order chi connectivity index (χ0) is 20.4. The van der Waals surface area contributed by atoms with Crippen LogP contribution in [0.5, 0.6) is 0 Å². The quantitative estimate of drug-likeness (QED) is 0.676. The second kappa shape index (κ2) is 8.42. The summed E-state index contributed by atoms with van der Waals surface area (Å²) in [6, 6.07) is 4.09. The van der Waals surface area contributed by atoms with Crippen LogP contribution < -0.4 is 5.32 Å². The van der Waals surface area contributed by atoms with Crippen molar-refractivity contribution >= 4 is 17.2 Å². The summed E-state index contributed by atoms with van der Waals surface area (Å²) in [6.45, 7) is 6.70. The molecule has 4 heterocycles. The molecule has 7 nitrogen and oxygen atoms in total. The molecule has 0 aromatic carbocycles. The van der Waals surface area contributed by atoms with E-state index in [1.165, 1.54) is 22.3 Å². The predicted molar refractivity (Wildman–Crippen MR) is 113 cm³/mol. The topological polar surface area (TPSA) is 75.9 Å². The molecule has 0 aliphatic carbocycles. The van der Waals surface area contributed by atoms with E-state index in [2.05, 4.69) is 44.3 Å². The second-order valence-corrected chi connectivity index (χ2v) is 8.42. The molecule has 0 spiro atoms. The summed E-state index contributed by atoms with van der Waals surface area (Å²) >= 11 is 1.67. The van der Waals surface area contributed by atoms with Crippen molar-refractivity contribution in [2.24, 2.45) is 7.05 Å². The van der Waals surface area contributed by atoms with Gasteiger partial charge in [-0.2, -0.15) is 5.10 Å². The Morgan fingerprint density at radius 3 is 2.90 bits per heavy atom. The van der Waals surface area contributed by atoms with Gasteiger partial charge in [0.15, 0.2) is 0 Å². The Labute approximate surface area is 174 Å². The number of carbonyl (C=O) groups excluding carboxylic acids is 1. The van der Waals surface area contributed by atoms with Crippen LogP contribution in [0, 0.1) is 0 Å². The summed E-state index contributed by atoms with van der Waals surface area (Å²) < 4.78 is 1.69. The smallest absolute Gasteiger partial charge is 0.252 e. The first-order valence-corrected chi connectivity index (χ1v) is 10.8. The van der Waals surface area contributed by atoms with Crippen molar-refractivity contribution in [1.29, 1.82) is 0 Å². The van der Waals surface area contributed by atoms with Crippen molar-refractivity contribution in [3.63, 3.8) is 0 Å². The number of fused-ring (bicyclic) bond motifs is 1. The van der Waals surface area contributed by atoms with Gasteiger partial charge in [0.05, 0.1) is 17.3 Å². The van der Waals surface area contributed by atoms with Crippen molar-refractivity contribution in [1.82, 2.24) is 30.0 Å². The molecule has 1 N–H and O–H groups in total. The first-order chi connectivity index (χ1) is 14.0. The van der Waals surface area contributed by atoms with Gasteiger partial charge in [-0.25, -0.2) is 4.98 Å². The number of pyridine rings is 1. The molecule has 1 aliphatic rings. The number of thiophene rings is 1. The Kier molecular flexibility index (Phi) is 5.73. The van der Waals surface area contributed by atoms with Crippen molar-refractivity contribution in [2.45, 2.75) is 45.8 Å². The lowest BCUT2D eigenvalue weighted by Gasteiger charge is -2.27. The fourth-order valence-corrected chi connectivity index (χ4v) is 4.85. The number of nitrogens with one attached hydrogen (secondary N) is 1. The maximum Gasteiger partial charge on any atom is 0.252 e. The van der Waals surface area contributed by atoms with Crippen LogP contribution in [0.1, 0.15) is 57.8 Å². The third-order valence-electron chi connectivity index (χ3n) is 5.43. The molecule has 0 fully saturated rings. The van der Waals surface area contributed by atoms with E-state index in [0.717, 1.165) is 49.6 Å². The van der Waals surface area contributed by atoms with E-state index in [0.29, 0.717) is 0 Å². The Bertz CT molecular complexity index is 993. The standard InChI is InChI=1S/C21H26N6OS/c1-4-15-5-6-16(22-9-15)10-27-8-7-17-18(12-29-19(17)11-27)21(28)25-14(2)20-23-13-24-26(20)3/h5-6,9,12-14H,4,7-8,10-11H2,1-3H3,(H,25,28)/t14-/m1/s1. The molecule has 8 heteroatoms. The van der Waals surface area contributed by atoms with Crippen LogP contribution in [-0.4, -0.2) is 37.1 Å². The third-order valence-corrected chi connectivity index (χ3v) is 6.45. The maximum atomic E-state index is 12.8. The number of amides is 1. The summed E-state index contributed by atoms with van der Waals surface area (Å²) in [6.07, 6.45) is 5.36. The highest BCUT2D eigenvalue weighted by Gasteiger charge is 2.25. The number of aromatic nitrogens is 4. The van der Waals surface area contributed by atoms with Gasteiger partial charge in [-0.15, -0.1) is 11.3 Å². The van der Waals surface area contributed by atoms with Crippen LogP contribution in [0.15, 0.2) is 30.0 Å². The number of rotatable bonds is 6. The fraction of sp³-hybridized carbons (Fsp3) is 0.429. The van der Waals surface area contributed by atoms with Crippen LogP contribution in [-0.2, 0) is 33.0 Å². The average Bonchev–Trinajstić information content (AvgIpc) is 3.34. The van der Waals surface area contributed by atoms with Crippen molar-refractivity contribution in [3.8, 4) is 0 Å². The highest BCUT2D eigenvalue weighted by molar-refractivity contribution is 7.10. The van der Waals surface area contributed by atoms with Gasteiger partial charge in [-0.1, -0.05) is 13.0 Å². The first-order valence-electron chi connectivity index (χ1n) is 9.95. The molecule has 29 heavy (non-hydrogen) atoms. The molecule has 1 aliphatic heterocycles. The largest absolute Gasteiger partial charge is 0.342 e. The zero-order valence-corrected chi connectivity index (χ0v) is 17.9. The van der Waals surface area contributed by atoms with E-state index in [-0.39, 0.29) is 11.9 Å². The van der Waals surface area contributed by atoms with Crippen LogP contribution in [0.4, 0.5) is 0 Å². The fourth-order valence-electron chi connectivity index (χ4n) is 3.73. The van der Waals surface area contributed by atoms with E-state index in [9.17, 15) is 4.79 Å². The van der Waals surface area contributed by atoms with E-state index in [1.807, 2.05) is 25.5 Å². The Hall–Kier alpha value is -2.58. The highest BCUT2D eigenvalue weighted by Crippen LogP contribution is 2.29. The van der Waals surface area contributed by atoms with Crippen molar-refractivity contribution < 1.29 is 4.79 Å². The lowest BCUT2D eigenvalue weighted by atomic mass is 10.0. The molecule has 0 unspecified atom stereocenters. The minimum atomic E-state index is -0.192. The monoisotopic (exact) mass is 410 g/mol. The molecule has 0 saturated carbocycles. The summed E-state index contributed by atoms with van der Waals surface area (Å²) in [4.78, 5) is 25.3. The van der Waals surface area contributed by atoms with Gasteiger partial charge in [-0.05, 0) is 37.0 Å². The number of carbonyl (C=O) groups is 1. The normalized spacial score (nSPS) is 15.1. The van der Waals surface area contributed by atoms with Gasteiger partial charge >= 0.3 is 0 Å². The molecule has 0 bridgehead atoms. The summed E-state index contributed by atoms with van der Waals surface area (Å²) in [5, 5.41) is 9.12. The molecular weight excluding hydrogens is 384 g/mol. The van der Waals surface area contributed by atoms with E-state index in [4.69, 9.17) is 0 Å². The number of aryl methyl sites for hydroxylation is 2. The van der Waals surface area contributed by atoms with E-state index >= 15 is 0 Å². The van der Waals surface area contributed by atoms with Crippen LogP contribution in [0.2, 0.25) is 0 Å². The Morgan fingerprint density at radius 1 is 1.34 bits per heavy atom. The van der Waals surface area contributed by atoms with Gasteiger partial charge in [0, 0.05) is 43.1 Å². The molecule has 0 saturated heterocycles. The van der Waals surface area contributed by atoms with Gasteiger partial charge in [0.25, 0.3) is 5.91 Å². The van der Waals surface area contributed by atoms with Gasteiger partial charge in [0.1, 0.15) is 12.2 Å². The van der Waals surface area contributed by atoms with Gasteiger partial charge in [0.2, 0.25) is 0 Å². The first kappa shape index (κ1) is 19.7. The Balaban J connectivity index is 1.41. The van der Waals surface area contributed by atoms with Crippen LogP contribution in [0.3, 0.4) is 0 Å². The molecule has 152 valence electrons. The molecule has 1 atom stereocenters. The number of hydrogen-bond donors (Lipinski definition) is 1. The second-order valence-electron chi connectivity index (χ2n) is 7.46. The number of hydrogen-bond acceptors (Lipinski definition) is 6. The van der Waals surface area contributed by atoms with Gasteiger partial charge in [-0.3, -0.25) is 19.4 Å². The van der Waals surface area contributed by atoms with E-state index < -0.39 is 0 Å². The lowest BCUT2D eigenvalue weighted by Crippen LogP contribution is -2.32. The molecule has 3 aromatic heterocycles. The highest BCUT2D eigenvalue weighted by atomic mass is 32.1. The summed E-state index contributed by atoms with van der Waals surface area (Å²) in [7, 11) is 1.83.